The second-order valence-corrected chi connectivity index (χ2v) is 3.76. The van der Waals surface area contributed by atoms with E-state index in [4.69, 9.17) is 4.74 Å². The van der Waals surface area contributed by atoms with Crippen molar-refractivity contribution in [2.24, 2.45) is 5.92 Å². The van der Waals surface area contributed by atoms with E-state index in [1.807, 2.05) is 13.0 Å². The van der Waals surface area contributed by atoms with Crippen LogP contribution in [0.3, 0.4) is 0 Å². The second kappa shape index (κ2) is 6.03. The molecule has 1 aromatic carbocycles. The van der Waals surface area contributed by atoms with Crippen LogP contribution in [0.1, 0.15) is 20.3 Å². The number of hydrogen-bond donors (Lipinski definition) is 1. The van der Waals surface area contributed by atoms with Crippen LogP contribution in [-0.2, 0) is 9.59 Å². The molecule has 1 aromatic rings. The van der Waals surface area contributed by atoms with Gasteiger partial charge in [0.2, 0.25) is 5.91 Å². The van der Waals surface area contributed by atoms with Crippen LogP contribution in [0, 0.1) is 5.92 Å². The third-order valence-corrected chi connectivity index (χ3v) is 2.58. The lowest BCUT2D eigenvalue weighted by Crippen LogP contribution is -2.27. The number of anilines is 1. The fraction of sp³-hybridized carbons (Fsp3) is 0.385. The summed E-state index contributed by atoms with van der Waals surface area (Å²) >= 11 is 0. The number of nitrogens with one attached hydrogen (secondary N) is 1. The van der Waals surface area contributed by atoms with Crippen LogP contribution in [0.25, 0.3) is 0 Å². The zero-order chi connectivity index (χ0) is 12.8. The molecule has 0 spiro atoms. The van der Waals surface area contributed by atoms with Crippen LogP contribution in [0.2, 0.25) is 0 Å². The Morgan fingerprint density at radius 2 is 2.00 bits per heavy atom. The Morgan fingerprint density at radius 3 is 2.53 bits per heavy atom. The van der Waals surface area contributed by atoms with Crippen molar-refractivity contribution < 1.29 is 14.3 Å². The average Bonchev–Trinajstić information content (AvgIpc) is 2.30. The SMILES string of the molecule is CC[C@H](C(C)=O)C(=O)Nc1ccccc1OC. The molecule has 0 aliphatic carbocycles. The van der Waals surface area contributed by atoms with Gasteiger partial charge in [-0.3, -0.25) is 9.59 Å². The first-order chi connectivity index (χ1) is 8.10. The summed E-state index contributed by atoms with van der Waals surface area (Å²) in [6.07, 6.45) is 0.496. The number of para-hydroxylation sites is 2. The highest BCUT2D eigenvalue weighted by molar-refractivity contribution is 6.06. The smallest absolute Gasteiger partial charge is 0.235 e. The van der Waals surface area contributed by atoms with Gasteiger partial charge in [0.15, 0.2) is 0 Å². The maximum atomic E-state index is 11.9. The summed E-state index contributed by atoms with van der Waals surface area (Å²) in [6.45, 7) is 3.24. The summed E-state index contributed by atoms with van der Waals surface area (Å²) in [5.41, 5.74) is 0.583. The monoisotopic (exact) mass is 235 g/mol. The zero-order valence-corrected chi connectivity index (χ0v) is 10.3. The van der Waals surface area contributed by atoms with Gasteiger partial charge in [0.25, 0.3) is 0 Å². The lowest BCUT2D eigenvalue weighted by molar-refractivity contribution is -0.129. The predicted molar refractivity (Wildman–Crippen MR) is 66.1 cm³/mol. The predicted octanol–water partition coefficient (Wildman–Crippen LogP) is 2.25. The van der Waals surface area contributed by atoms with Gasteiger partial charge in [-0.1, -0.05) is 19.1 Å². The molecule has 92 valence electrons. The number of methoxy groups -OCH3 is 1. The molecule has 1 amide bonds. The molecular weight excluding hydrogens is 218 g/mol. The maximum Gasteiger partial charge on any atom is 0.235 e. The second-order valence-electron chi connectivity index (χ2n) is 3.76. The standard InChI is InChI=1S/C13H17NO3/c1-4-10(9(2)15)13(16)14-11-7-5-6-8-12(11)17-3/h5-8,10H,4H2,1-3H3,(H,14,16)/t10-/m1/s1. The van der Waals surface area contributed by atoms with Crippen molar-refractivity contribution in [2.45, 2.75) is 20.3 Å². The number of ether oxygens (including phenoxy) is 1. The van der Waals surface area contributed by atoms with Crippen LogP contribution >= 0.6 is 0 Å². The number of carbonyl (C=O) groups is 2. The first-order valence-electron chi connectivity index (χ1n) is 5.54. The summed E-state index contributed by atoms with van der Waals surface area (Å²) in [5, 5.41) is 2.71. The van der Waals surface area contributed by atoms with Crippen LogP contribution in [-0.4, -0.2) is 18.8 Å². The van der Waals surface area contributed by atoms with Gasteiger partial charge < -0.3 is 10.1 Å². The van der Waals surface area contributed by atoms with Crippen LogP contribution in [0.4, 0.5) is 5.69 Å². The zero-order valence-electron chi connectivity index (χ0n) is 10.3. The van der Waals surface area contributed by atoms with E-state index < -0.39 is 5.92 Å². The maximum absolute atomic E-state index is 11.9. The molecule has 0 saturated heterocycles. The van der Waals surface area contributed by atoms with E-state index in [2.05, 4.69) is 5.32 Å². The molecule has 0 saturated carbocycles. The molecule has 1 N–H and O–H groups in total. The summed E-state index contributed by atoms with van der Waals surface area (Å²) < 4.78 is 5.12. The molecule has 0 heterocycles. The number of benzene rings is 1. The fourth-order valence-corrected chi connectivity index (χ4v) is 1.63. The van der Waals surface area contributed by atoms with E-state index in [9.17, 15) is 9.59 Å². The molecular formula is C13H17NO3. The Bertz CT molecular complexity index is 415. The average molecular weight is 235 g/mol. The van der Waals surface area contributed by atoms with Gasteiger partial charge >= 0.3 is 0 Å². The van der Waals surface area contributed by atoms with Crippen molar-refractivity contribution in [3.05, 3.63) is 24.3 Å². The summed E-state index contributed by atoms with van der Waals surface area (Å²) in [6, 6.07) is 7.11. The van der Waals surface area contributed by atoms with Crippen LogP contribution < -0.4 is 10.1 Å². The Labute approximate surface area is 101 Å². The Morgan fingerprint density at radius 1 is 1.35 bits per heavy atom. The van der Waals surface area contributed by atoms with Crippen molar-refractivity contribution in [1.82, 2.24) is 0 Å². The molecule has 0 unspecified atom stereocenters. The molecule has 4 heteroatoms. The van der Waals surface area contributed by atoms with Gasteiger partial charge in [0, 0.05) is 0 Å². The minimum atomic E-state index is -0.597. The minimum Gasteiger partial charge on any atom is -0.495 e. The Balaban J connectivity index is 2.83. The van der Waals surface area contributed by atoms with Crippen molar-refractivity contribution in [1.29, 1.82) is 0 Å². The number of amides is 1. The number of ketones is 1. The van der Waals surface area contributed by atoms with E-state index in [1.54, 1.807) is 18.2 Å². The highest BCUT2D eigenvalue weighted by Gasteiger charge is 2.21. The number of hydrogen-bond acceptors (Lipinski definition) is 3. The molecule has 0 bridgehead atoms. The quantitative estimate of drug-likeness (QED) is 0.796. The van der Waals surface area contributed by atoms with Crippen LogP contribution in [0.5, 0.6) is 5.75 Å². The van der Waals surface area contributed by atoms with E-state index >= 15 is 0 Å². The largest absolute Gasteiger partial charge is 0.495 e. The Hall–Kier alpha value is -1.84. The molecule has 0 aliphatic rings. The van der Waals surface area contributed by atoms with Crippen molar-refractivity contribution in [2.75, 3.05) is 12.4 Å². The summed E-state index contributed by atoms with van der Waals surface area (Å²) in [7, 11) is 1.53. The summed E-state index contributed by atoms with van der Waals surface area (Å²) in [5.74, 6) is -0.427. The first-order valence-corrected chi connectivity index (χ1v) is 5.54. The molecule has 1 rings (SSSR count). The first kappa shape index (κ1) is 13.2. The van der Waals surface area contributed by atoms with Crippen LogP contribution in [0.15, 0.2) is 24.3 Å². The number of Topliss-reactive ketones (excluding diaryl/α,β-unsaturated/α-hetero) is 1. The van der Waals surface area contributed by atoms with E-state index in [0.717, 1.165) is 0 Å². The van der Waals surface area contributed by atoms with E-state index in [1.165, 1.54) is 14.0 Å². The van der Waals surface area contributed by atoms with E-state index in [-0.39, 0.29) is 11.7 Å². The highest BCUT2D eigenvalue weighted by atomic mass is 16.5. The van der Waals surface area contributed by atoms with Gasteiger partial charge in [-0.25, -0.2) is 0 Å². The topological polar surface area (TPSA) is 55.4 Å². The normalized spacial score (nSPS) is 11.7. The molecule has 0 fully saturated rings. The highest BCUT2D eigenvalue weighted by Crippen LogP contribution is 2.23. The number of rotatable bonds is 5. The lowest BCUT2D eigenvalue weighted by Gasteiger charge is -2.14. The van der Waals surface area contributed by atoms with E-state index in [0.29, 0.717) is 17.9 Å². The molecule has 17 heavy (non-hydrogen) atoms. The fourth-order valence-electron chi connectivity index (χ4n) is 1.63. The molecule has 0 aliphatic heterocycles. The third-order valence-electron chi connectivity index (χ3n) is 2.58. The lowest BCUT2D eigenvalue weighted by atomic mass is 10.0. The van der Waals surface area contributed by atoms with Crippen molar-refractivity contribution >= 4 is 17.4 Å². The van der Waals surface area contributed by atoms with Gasteiger partial charge in [-0.15, -0.1) is 0 Å². The molecule has 1 atom stereocenters. The third kappa shape index (κ3) is 3.31. The molecule has 0 aromatic heterocycles. The van der Waals surface area contributed by atoms with Gasteiger partial charge in [-0.05, 0) is 25.5 Å². The molecule has 4 nitrogen and oxygen atoms in total. The number of carbonyl (C=O) groups excluding carboxylic acids is 2. The van der Waals surface area contributed by atoms with Gasteiger partial charge in [0.05, 0.1) is 18.7 Å². The minimum absolute atomic E-state index is 0.125. The van der Waals surface area contributed by atoms with Crippen molar-refractivity contribution in [3.63, 3.8) is 0 Å². The Kier molecular flexibility index (Phi) is 4.69. The van der Waals surface area contributed by atoms with Gasteiger partial charge in [-0.2, -0.15) is 0 Å². The van der Waals surface area contributed by atoms with Gasteiger partial charge in [0.1, 0.15) is 11.5 Å². The summed E-state index contributed by atoms with van der Waals surface area (Å²) in [4.78, 5) is 23.1. The van der Waals surface area contributed by atoms with Crippen molar-refractivity contribution in [3.8, 4) is 5.75 Å². The molecule has 0 radical (unpaired) electrons.